The van der Waals surface area contributed by atoms with Gasteiger partial charge in [0.05, 0.1) is 6.54 Å². The Morgan fingerprint density at radius 3 is 2.85 bits per heavy atom. The summed E-state index contributed by atoms with van der Waals surface area (Å²) in [6.45, 7) is 4.08. The number of anilines is 1. The number of nitrogens with zero attached hydrogens (tertiary/aromatic N) is 4. The summed E-state index contributed by atoms with van der Waals surface area (Å²) >= 11 is 0. The van der Waals surface area contributed by atoms with E-state index in [2.05, 4.69) is 14.9 Å². The molecular weight excluding hydrogens is 326 g/mol. The molecule has 1 aromatic heterocycles. The lowest BCUT2D eigenvalue weighted by molar-refractivity contribution is -0.125. The molecule has 1 aromatic carbocycles. The lowest BCUT2D eigenvalue weighted by Gasteiger charge is -2.23. The van der Waals surface area contributed by atoms with Crippen molar-refractivity contribution in [1.82, 2.24) is 19.8 Å². The number of amides is 1. The fraction of sp³-hybridized carbons (Fsp3) is 0.350. The van der Waals surface area contributed by atoms with Gasteiger partial charge in [0, 0.05) is 31.4 Å². The van der Waals surface area contributed by atoms with Gasteiger partial charge in [-0.25, -0.2) is 9.97 Å². The van der Waals surface area contributed by atoms with E-state index in [0.29, 0.717) is 24.2 Å². The van der Waals surface area contributed by atoms with E-state index in [4.69, 9.17) is 5.73 Å². The molecule has 1 aliphatic heterocycles. The summed E-state index contributed by atoms with van der Waals surface area (Å²) in [5.74, 6) is 1.26. The van der Waals surface area contributed by atoms with Gasteiger partial charge in [0.1, 0.15) is 11.6 Å². The third kappa shape index (κ3) is 4.46. The van der Waals surface area contributed by atoms with Gasteiger partial charge >= 0.3 is 0 Å². The van der Waals surface area contributed by atoms with Crippen LogP contribution in [0.3, 0.4) is 0 Å². The lowest BCUT2D eigenvalue weighted by Crippen LogP contribution is -2.36. The first kappa shape index (κ1) is 18.1. The smallest absolute Gasteiger partial charge is 0.246 e. The molecule has 6 nitrogen and oxygen atoms in total. The van der Waals surface area contributed by atoms with Gasteiger partial charge in [-0.05, 0) is 37.6 Å². The van der Waals surface area contributed by atoms with Crippen molar-refractivity contribution in [2.75, 3.05) is 25.9 Å². The number of nitrogens with two attached hydrogens (primary N) is 1. The fourth-order valence-electron chi connectivity index (χ4n) is 3.21. The third-order valence-electron chi connectivity index (χ3n) is 4.79. The van der Waals surface area contributed by atoms with Gasteiger partial charge in [-0.1, -0.05) is 30.3 Å². The van der Waals surface area contributed by atoms with Gasteiger partial charge < -0.3 is 10.6 Å². The molecule has 1 fully saturated rings. The van der Waals surface area contributed by atoms with E-state index < -0.39 is 0 Å². The highest BCUT2D eigenvalue weighted by molar-refractivity contribution is 5.95. The van der Waals surface area contributed by atoms with Gasteiger partial charge in [-0.15, -0.1) is 0 Å². The molecule has 6 heteroatoms. The molecule has 2 heterocycles. The van der Waals surface area contributed by atoms with E-state index in [9.17, 15) is 4.79 Å². The van der Waals surface area contributed by atoms with Crippen molar-refractivity contribution in [2.24, 2.45) is 0 Å². The number of rotatable bonds is 5. The van der Waals surface area contributed by atoms with Gasteiger partial charge in [0.15, 0.2) is 0 Å². The molecule has 0 aliphatic carbocycles. The number of likely N-dealkylation sites (N-methyl/N-ethyl adjacent to an activating group) is 1. The van der Waals surface area contributed by atoms with Crippen LogP contribution in [0.4, 0.5) is 5.82 Å². The Hall–Kier alpha value is -2.73. The average molecular weight is 351 g/mol. The molecule has 1 amide bonds. The number of hydrogen-bond donors (Lipinski definition) is 1. The van der Waals surface area contributed by atoms with Crippen molar-refractivity contribution in [1.29, 1.82) is 0 Å². The van der Waals surface area contributed by atoms with E-state index in [-0.39, 0.29) is 5.91 Å². The van der Waals surface area contributed by atoms with E-state index in [1.807, 2.05) is 49.2 Å². The first-order valence-electron chi connectivity index (χ1n) is 8.83. The van der Waals surface area contributed by atoms with Crippen molar-refractivity contribution in [2.45, 2.75) is 25.9 Å². The minimum Gasteiger partial charge on any atom is -0.384 e. The van der Waals surface area contributed by atoms with Crippen LogP contribution >= 0.6 is 0 Å². The number of carbonyl (C=O) groups is 1. The summed E-state index contributed by atoms with van der Waals surface area (Å²) in [5, 5.41) is 0. The average Bonchev–Trinajstić information content (AvgIpc) is 3.13. The summed E-state index contributed by atoms with van der Waals surface area (Å²) < 4.78 is 0. The fourth-order valence-corrected chi connectivity index (χ4v) is 3.21. The highest BCUT2D eigenvalue weighted by Crippen LogP contribution is 2.18. The SMILES string of the molecule is C/C(=C\C(=O)N1CCC(N(C)Cc2nccc(N)n2)C1)c1ccccc1. The standard InChI is InChI=1S/C20H25N5O/c1-15(16-6-4-3-5-7-16)12-20(26)25-11-9-17(13-25)24(2)14-19-22-10-8-18(21)23-19/h3-8,10,12,17H,9,11,13-14H2,1-2H3,(H2,21,22,23)/b15-12+. The summed E-state index contributed by atoms with van der Waals surface area (Å²) in [4.78, 5) is 25.2. The van der Waals surface area contributed by atoms with Crippen molar-refractivity contribution >= 4 is 17.3 Å². The van der Waals surface area contributed by atoms with Crippen LogP contribution in [0.1, 0.15) is 24.7 Å². The zero-order valence-corrected chi connectivity index (χ0v) is 15.3. The topological polar surface area (TPSA) is 75.4 Å². The third-order valence-corrected chi connectivity index (χ3v) is 4.79. The van der Waals surface area contributed by atoms with E-state index >= 15 is 0 Å². The summed E-state index contributed by atoms with van der Waals surface area (Å²) in [6, 6.07) is 12.0. The molecule has 1 unspecified atom stereocenters. The second-order valence-corrected chi connectivity index (χ2v) is 6.73. The molecule has 26 heavy (non-hydrogen) atoms. The number of allylic oxidation sites excluding steroid dienone is 1. The molecular formula is C20H25N5O. The molecule has 3 rings (SSSR count). The molecule has 0 bridgehead atoms. The van der Waals surface area contributed by atoms with Gasteiger partial charge in [-0.2, -0.15) is 0 Å². The molecule has 1 atom stereocenters. The number of carbonyl (C=O) groups excluding carboxylic acids is 1. The second kappa shape index (κ2) is 8.10. The van der Waals surface area contributed by atoms with Crippen molar-refractivity contribution < 1.29 is 4.79 Å². The second-order valence-electron chi connectivity index (χ2n) is 6.73. The molecule has 136 valence electrons. The molecule has 0 radical (unpaired) electrons. The zero-order valence-electron chi connectivity index (χ0n) is 15.3. The van der Waals surface area contributed by atoms with Crippen LogP contribution in [0.2, 0.25) is 0 Å². The van der Waals surface area contributed by atoms with Crippen LogP contribution in [-0.4, -0.2) is 51.9 Å². The molecule has 1 aliphatic rings. The first-order valence-corrected chi connectivity index (χ1v) is 8.83. The monoisotopic (exact) mass is 351 g/mol. The Morgan fingerprint density at radius 1 is 1.35 bits per heavy atom. The van der Waals surface area contributed by atoms with Crippen molar-refractivity contribution in [3.05, 3.63) is 60.1 Å². The van der Waals surface area contributed by atoms with Crippen LogP contribution in [0.25, 0.3) is 5.57 Å². The Bertz CT molecular complexity index is 790. The number of likely N-dealkylation sites (tertiary alicyclic amines) is 1. The highest BCUT2D eigenvalue weighted by Gasteiger charge is 2.28. The molecule has 2 N–H and O–H groups in total. The summed E-state index contributed by atoms with van der Waals surface area (Å²) in [7, 11) is 2.04. The minimum atomic E-state index is 0.0717. The van der Waals surface area contributed by atoms with Gasteiger partial charge in [0.2, 0.25) is 5.91 Å². The van der Waals surface area contributed by atoms with Crippen LogP contribution < -0.4 is 5.73 Å². The predicted molar refractivity (Wildman–Crippen MR) is 103 cm³/mol. The Morgan fingerprint density at radius 2 is 2.12 bits per heavy atom. The van der Waals surface area contributed by atoms with Gasteiger partial charge in [0.25, 0.3) is 0 Å². The van der Waals surface area contributed by atoms with Crippen LogP contribution in [0, 0.1) is 0 Å². The Labute approximate surface area is 154 Å². The number of benzene rings is 1. The normalized spacial score (nSPS) is 17.7. The quantitative estimate of drug-likeness (QED) is 0.836. The van der Waals surface area contributed by atoms with E-state index in [0.717, 1.165) is 30.6 Å². The summed E-state index contributed by atoms with van der Waals surface area (Å²) in [5.41, 5.74) is 7.78. The molecule has 0 spiro atoms. The maximum absolute atomic E-state index is 12.6. The largest absolute Gasteiger partial charge is 0.384 e. The number of hydrogen-bond acceptors (Lipinski definition) is 5. The molecule has 2 aromatic rings. The van der Waals surface area contributed by atoms with Crippen LogP contribution in [-0.2, 0) is 11.3 Å². The predicted octanol–water partition coefficient (Wildman–Crippen LogP) is 2.19. The number of aromatic nitrogens is 2. The van der Waals surface area contributed by atoms with Crippen molar-refractivity contribution in [3.8, 4) is 0 Å². The number of nitrogen functional groups attached to an aromatic ring is 1. The van der Waals surface area contributed by atoms with Crippen molar-refractivity contribution in [3.63, 3.8) is 0 Å². The first-order chi connectivity index (χ1) is 12.5. The van der Waals surface area contributed by atoms with Crippen LogP contribution in [0.5, 0.6) is 0 Å². The maximum atomic E-state index is 12.6. The molecule has 0 saturated carbocycles. The summed E-state index contributed by atoms with van der Waals surface area (Å²) in [6.07, 6.45) is 4.36. The van der Waals surface area contributed by atoms with E-state index in [1.165, 1.54) is 0 Å². The Kier molecular flexibility index (Phi) is 5.63. The lowest BCUT2D eigenvalue weighted by atomic mass is 10.1. The molecule has 1 saturated heterocycles. The minimum absolute atomic E-state index is 0.0717. The van der Waals surface area contributed by atoms with E-state index in [1.54, 1.807) is 18.3 Å². The maximum Gasteiger partial charge on any atom is 0.246 e. The van der Waals surface area contributed by atoms with Gasteiger partial charge in [-0.3, -0.25) is 9.69 Å². The highest BCUT2D eigenvalue weighted by atomic mass is 16.2. The van der Waals surface area contributed by atoms with Crippen LogP contribution in [0.15, 0.2) is 48.7 Å². The zero-order chi connectivity index (χ0) is 18.5. The Balaban J connectivity index is 1.58.